The maximum absolute atomic E-state index is 12.4. The molecular formula is C9H8F2INO3. The van der Waals surface area contributed by atoms with E-state index >= 15 is 0 Å². The van der Waals surface area contributed by atoms with Crippen molar-refractivity contribution in [2.45, 2.75) is 12.8 Å². The zero-order chi connectivity index (χ0) is 12.3. The number of hydrogen-bond donors (Lipinski definition) is 1. The Morgan fingerprint density at radius 3 is 2.75 bits per heavy atom. The Hall–Kier alpha value is -0.990. The second-order valence-corrected chi connectivity index (χ2v) is 4.10. The quantitative estimate of drug-likeness (QED) is 0.671. The van der Waals surface area contributed by atoms with Crippen LogP contribution in [0.2, 0.25) is 0 Å². The molecule has 0 aliphatic rings. The van der Waals surface area contributed by atoms with Gasteiger partial charge in [0.2, 0.25) is 0 Å². The van der Waals surface area contributed by atoms with Crippen molar-refractivity contribution in [1.29, 1.82) is 0 Å². The van der Waals surface area contributed by atoms with Crippen LogP contribution in [0.25, 0.3) is 0 Å². The minimum absolute atomic E-state index is 0.112. The number of carbonyl (C=O) groups excluding carboxylic acids is 1. The average Bonchev–Trinajstić information content (AvgIpc) is 2.22. The number of rotatable bonds is 3. The van der Waals surface area contributed by atoms with Crippen LogP contribution in [0.1, 0.15) is 17.7 Å². The Labute approximate surface area is 103 Å². The lowest BCUT2D eigenvalue weighted by molar-refractivity contribution is -0.139. The summed E-state index contributed by atoms with van der Waals surface area (Å²) in [5.74, 6) is -0.592. The van der Waals surface area contributed by atoms with E-state index in [2.05, 4.69) is 9.72 Å². The van der Waals surface area contributed by atoms with Gasteiger partial charge in [-0.05, 0) is 28.7 Å². The molecule has 0 fully saturated rings. The van der Waals surface area contributed by atoms with Crippen molar-refractivity contribution in [1.82, 2.24) is 4.98 Å². The minimum atomic E-state index is -2.74. The van der Waals surface area contributed by atoms with Gasteiger partial charge in [0.1, 0.15) is 0 Å². The summed E-state index contributed by atoms with van der Waals surface area (Å²) >= 11 is 1.67. The van der Waals surface area contributed by atoms with Crippen molar-refractivity contribution in [3.05, 3.63) is 31.2 Å². The molecule has 0 saturated heterocycles. The van der Waals surface area contributed by atoms with E-state index in [0.29, 0.717) is 0 Å². The van der Waals surface area contributed by atoms with Crippen molar-refractivity contribution >= 4 is 28.6 Å². The smallest absolute Gasteiger partial charge is 0.310 e. The van der Waals surface area contributed by atoms with Crippen LogP contribution in [0.5, 0.6) is 0 Å². The van der Waals surface area contributed by atoms with Crippen LogP contribution in [-0.4, -0.2) is 18.1 Å². The maximum Gasteiger partial charge on any atom is 0.310 e. The van der Waals surface area contributed by atoms with Gasteiger partial charge < -0.3 is 9.72 Å². The standard InChI is InChI=1S/C9H8F2INO3/c1-16-6(14)3-4-2-5(12)7(8(10)11)13-9(4)15/h2,8H,3H2,1H3,(H,13,15). The van der Waals surface area contributed by atoms with Gasteiger partial charge in [-0.1, -0.05) is 0 Å². The molecule has 1 aromatic rings. The summed E-state index contributed by atoms with van der Waals surface area (Å²) < 4.78 is 29.4. The highest BCUT2D eigenvalue weighted by Crippen LogP contribution is 2.21. The van der Waals surface area contributed by atoms with E-state index in [-0.39, 0.29) is 15.6 Å². The molecule has 1 aromatic heterocycles. The number of halogens is 3. The number of alkyl halides is 2. The van der Waals surface area contributed by atoms with Crippen molar-refractivity contribution in [2.75, 3.05) is 7.11 Å². The number of H-pyrrole nitrogens is 1. The molecule has 1 rings (SSSR count). The zero-order valence-electron chi connectivity index (χ0n) is 8.22. The van der Waals surface area contributed by atoms with Gasteiger partial charge in [0.05, 0.1) is 19.2 Å². The Morgan fingerprint density at radius 2 is 2.25 bits per heavy atom. The summed E-state index contributed by atoms with van der Waals surface area (Å²) in [4.78, 5) is 24.3. The third-order valence-corrected chi connectivity index (χ3v) is 2.77. The van der Waals surface area contributed by atoms with Crippen molar-refractivity contribution < 1.29 is 18.3 Å². The van der Waals surface area contributed by atoms with Crippen LogP contribution in [0.3, 0.4) is 0 Å². The zero-order valence-corrected chi connectivity index (χ0v) is 10.4. The van der Waals surface area contributed by atoms with E-state index in [1.54, 1.807) is 22.6 Å². The van der Waals surface area contributed by atoms with Gasteiger partial charge in [-0.2, -0.15) is 0 Å². The van der Waals surface area contributed by atoms with Crippen LogP contribution < -0.4 is 5.56 Å². The van der Waals surface area contributed by atoms with E-state index in [1.807, 2.05) is 0 Å². The number of aromatic nitrogens is 1. The first kappa shape index (κ1) is 13.1. The summed E-state index contributed by atoms with van der Waals surface area (Å²) in [5.41, 5.74) is -1.01. The van der Waals surface area contributed by atoms with Gasteiger partial charge >= 0.3 is 5.97 Å². The molecule has 0 spiro atoms. The average molecular weight is 343 g/mol. The molecule has 4 nitrogen and oxygen atoms in total. The second kappa shape index (κ2) is 5.37. The van der Waals surface area contributed by atoms with Gasteiger partial charge in [0, 0.05) is 9.13 Å². The van der Waals surface area contributed by atoms with Crippen LogP contribution in [0.15, 0.2) is 10.9 Å². The SMILES string of the molecule is COC(=O)Cc1cc(I)c(C(F)F)[nH]c1=O. The molecule has 16 heavy (non-hydrogen) atoms. The van der Waals surface area contributed by atoms with Crippen molar-refractivity contribution in [3.8, 4) is 0 Å². The molecule has 0 atom stereocenters. The summed E-state index contributed by atoms with van der Waals surface area (Å²) in [6, 6.07) is 1.26. The van der Waals surface area contributed by atoms with Crippen LogP contribution in [0.4, 0.5) is 8.78 Å². The number of nitrogens with one attached hydrogen (secondary N) is 1. The number of esters is 1. The lowest BCUT2D eigenvalue weighted by Crippen LogP contribution is -2.19. The van der Waals surface area contributed by atoms with Gasteiger partial charge in [-0.15, -0.1) is 0 Å². The third-order valence-electron chi connectivity index (χ3n) is 1.88. The van der Waals surface area contributed by atoms with Crippen molar-refractivity contribution in [2.24, 2.45) is 0 Å². The first-order chi connectivity index (χ1) is 7.45. The summed E-state index contributed by atoms with van der Waals surface area (Å²) in [5, 5.41) is 0. The van der Waals surface area contributed by atoms with Gasteiger partial charge in [-0.25, -0.2) is 8.78 Å². The van der Waals surface area contributed by atoms with E-state index in [0.717, 1.165) is 0 Å². The molecular weight excluding hydrogens is 335 g/mol. The molecule has 0 aliphatic carbocycles. The van der Waals surface area contributed by atoms with Crippen LogP contribution in [-0.2, 0) is 16.0 Å². The Morgan fingerprint density at radius 1 is 1.62 bits per heavy atom. The normalized spacial score (nSPS) is 10.6. The topological polar surface area (TPSA) is 59.2 Å². The van der Waals surface area contributed by atoms with Gasteiger partial charge in [-0.3, -0.25) is 9.59 Å². The highest BCUT2D eigenvalue weighted by Gasteiger charge is 2.16. The van der Waals surface area contributed by atoms with Gasteiger partial charge in [0.15, 0.2) is 0 Å². The van der Waals surface area contributed by atoms with Crippen LogP contribution >= 0.6 is 22.6 Å². The molecule has 88 valence electrons. The molecule has 7 heteroatoms. The summed E-state index contributed by atoms with van der Waals surface area (Å²) in [7, 11) is 1.19. The predicted molar refractivity (Wildman–Crippen MR) is 60.5 cm³/mol. The number of methoxy groups -OCH3 is 1. The molecule has 0 bridgehead atoms. The number of aromatic amines is 1. The molecule has 1 heterocycles. The first-order valence-electron chi connectivity index (χ1n) is 4.22. The molecule has 0 radical (unpaired) electrons. The second-order valence-electron chi connectivity index (χ2n) is 2.94. The number of carbonyl (C=O) groups is 1. The predicted octanol–water partition coefficient (Wildman–Crippen LogP) is 1.63. The lowest BCUT2D eigenvalue weighted by atomic mass is 10.2. The van der Waals surface area contributed by atoms with E-state index in [4.69, 9.17) is 0 Å². The van der Waals surface area contributed by atoms with E-state index < -0.39 is 23.6 Å². The van der Waals surface area contributed by atoms with Crippen LogP contribution in [0, 0.1) is 3.57 Å². The molecule has 0 aromatic carbocycles. The fourth-order valence-electron chi connectivity index (χ4n) is 1.08. The van der Waals surface area contributed by atoms with E-state index in [1.165, 1.54) is 13.2 Å². The molecule has 1 N–H and O–H groups in total. The molecule has 0 saturated carbocycles. The van der Waals surface area contributed by atoms with Gasteiger partial charge in [0.25, 0.3) is 12.0 Å². The summed E-state index contributed by atoms with van der Waals surface area (Å²) in [6.07, 6.45) is -2.97. The lowest BCUT2D eigenvalue weighted by Gasteiger charge is -2.05. The third kappa shape index (κ3) is 3.00. The number of hydrogen-bond acceptors (Lipinski definition) is 3. The Balaban J connectivity index is 3.11. The van der Waals surface area contributed by atoms with Crippen molar-refractivity contribution in [3.63, 3.8) is 0 Å². The van der Waals surface area contributed by atoms with E-state index in [9.17, 15) is 18.4 Å². The fraction of sp³-hybridized carbons (Fsp3) is 0.333. The molecule has 0 aliphatic heterocycles. The Kier molecular flexibility index (Phi) is 4.39. The molecule has 0 unspecified atom stereocenters. The molecule has 0 amide bonds. The Bertz CT molecular complexity index is 459. The minimum Gasteiger partial charge on any atom is -0.469 e. The highest BCUT2D eigenvalue weighted by atomic mass is 127. The fourth-order valence-corrected chi connectivity index (χ4v) is 1.82. The summed E-state index contributed by atoms with van der Waals surface area (Å²) in [6.45, 7) is 0. The number of pyridine rings is 1. The monoisotopic (exact) mass is 343 g/mol. The largest absolute Gasteiger partial charge is 0.469 e. The highest BCUT2D eigenvalue weighted by molar-refractivity contribution is 14.1. The maximum atomic E-state index is 12.4. The first-order valence-corrected chi connectivity index (χ1v) is 5.30. The number of ether oxygens (including phenoxy) is 1.